The molecule has 3 heteroatoms. The van der Waals surface area contributed by atoms with Crippen molar-refractivity contribution in [2.24, 2.45) is 35.5 Å². The fourth-order valence-corrected chi connectivity index (χ4v) is 5.48. The van der Waals surface area contributed by atoms with Crippen LogP contribution in [-0.4, -0.2) is 26.3 Å². The number of methoxy groups -OCH3 is 1. The van der Waals surface area contributed by atoms with Crippen molar-refractivity contribution in [3.05, 3.63) is 0 Å². The van der Waals surface area contributed by atoms with Crippen LogP contribution in [0.1, 0.15) is 39.0 Å². The van der Waals surface area contributed by atoms with Crippen molar-refractivity contribution < 1.29 is 14.3 Å². The number of hydrogen-bond acceptors (Lipinski definition) is 3. The minimum atomic E-state index is -0.139. The highest BCUT2D eigenvalue weighted by Crippen LogP contribution is 2.63. The van der Waals surface area contributed by atoms with E-state index in [-0.39, 0.29) is 5.97 Å². The molecule has 3 aliphatic carbocycles. The maximum Gasteiger partial charge on any atom is 0.302 e. The van der Waals surface area contributed by atoms with Crippen molar-refractivity contribution >= 4 is 5.97 Å². The van der Waals surface area contributed by atoms with Gasteiger partial charge in [-0.3, -0.25) is 4.79 Å². The normalized spacial score (nSPS) is 43.5. The zero-order valence-electron chi connectivity index (χ0n) is 12.1. The summed E-state index contributed by atoms with van der Waals surface area (Å²) in [6, 6.07) is 0. The van der Waals surface area contributed by atoms with E-state index in [0.29, 0.717) is 6.61 Å². The van der Waals surface area contributed by atoms with Gasteiger partial charge in [-0.2, -0.15) is 0 Å². The molecule has 0 aromatic rings. The Morgan fingerprint density at radius 3 is 2.74 bits per heavy atom. The fourth-order valence-electron chi connectivity index (χ4n) is 5.48. The number of carbonyl (C=O) groups excluding carboxylic acids is 1. The molecule has 3 rings (SSSR count). The molecular formula is C16H26O3. The smallest absolute Gasteiger partial charge is 0.302 e. The molecule has 0 saturated heterocycles. The van der Waals surface area contributed by atoms with Gasteiger partial charge in [0.2, 0.25) is 0 Å². The Bertz CT molecular complexity index is 341. The second-order valence-corrected chi connectivity index (χ2v) is 6.82. The zero-order chi connectivity index (χ0) is 13.4. The standard InChI is InChI=1S/C16H26O3/c1-10(17)19-6-5-11-3-4-14-12-7-13(9-18-2)15(8-12)16(11)14/h11-16H,3-9H2,1-2H3. The van der Waals surface area contributed by atoms with E-state index < -0.39 is 0 Å². The van der Waals surface area contributed by atoms with Crippen molar-refractivity contribution in [2.45, 2.75) is 39.0 Å². The van der Waals surface area contributed by atoms with E-state index in [0.717, 1.165) is 48.5 Å². The van der Waals surface area contributed by atoms with E-state index in [2.05, 4.69) is 0 Å². The van der Waals surface area contributed by atoms with Crippen LogP contribution in [0.4, 0.5) is 0 Å². The summed E-state index contributed by atoms with van der Waals surface area (Å²) in [7, 11) is 1.83. The molecule has 0 radical (unpaired) electrons. The van der Waals surface area contributed by atoms with Crippen molar-refractivity contribution in [1.29, 1.82) is 0 Å². The molecule has 108 valence electrons. The van der Waals surface area contributed by atoms with E-state index in [4.69, 9.17) is 9.47 Å². The van der Waals surface area contributed by atoms with Crippen LogP contribution in [0.25, 0.3) is 0 Å². The van der Waals surface area contributed by atoms with Crippen LogP contribution < -0.4 is 0 Å². The number of rotatable bonds is 5. The highest BCUT2D eigenvalue weighted by Gasteiger charge is 2.56. The van der Waals surface area contributed by atoms with Crippen molar-refractivity contribution in [2.75, 3.05) is 20.3 Å². The Labute approximate surface area is 116 Å². The fraction of sp³-hybridized carbons (Fsp3) is 0.938. The zero-order valence-corrected chi connectivity index (χ0v) is 12.1. The van der Waals surface area contributed by atoms with E-state index in [9.17, 15) is 4.79 Å². The third kappa shape index (κ3) is 2.42. The second-order valence-electron chi connectivity index (χ2n) is 6.82. The number of hydrogen-bond donors (Lipinski definition) is 0. The Kier molecular flexibility index (Phi) is 3.84. The van der Waals surface area contributed by atoms with Gasteiger partial charge in [0, 0.05) is 20.6 Å². The van der Waals surface area contributed by atoms with Crippen molar-refractivity contribution in [3.8, 4) is 0 Å². The Balaban J connectivity index is 1.58. The van der Waals surface area contributed by atoms with Crippen LogP contribution in [0.2, 0.25) is 0 Å². The van der Waals surface area contributed by atoms with Crippen LogP contribution in [0.5, 0.6) is 0 Å². The summed E-state index contributed by atoms with van der Waals surface area (Å²) >= 11 is 0. The number of fused-ring (bicyclic) bond motifs is 5. The minimum Gasteiger partial charge on any atom is -0.466 e. The summed E-state index contributed by atoms with van der Waals surface area (Å²) in [5, 5.41) is 0. The quantitative estimate of drug-likeness (QED) is 0.718. The summed E-state index contributed by atoms with van der Waals surface area (Å²) in [6.07, 6.45) is 6.67. The van der Waals surface area contributed by atoms with Gasteiger partial charge in [0.05, 0.1) is 6.61 Å². The van der Waals surface area contributed by atoms with Crippen LogP contribution in [0.3, 0.4) is 0 Å². The minimum absolute atomic E-state index is 0.139. The first kappa shape index (κ1) is 13.4. The largest absolute Gasteiger partial charge is 0.466 e. The predicted molar refractivity (Wildman–Crippen MR) is 72.5 cm³/mol. The van der Waals surface area contributed by atoms with Gasteiger partial charge in [-0.25, -0.2) is 0 Å². The molecular weight excluding hydrogens is 240 g/mol. The number of esters is 1. The molecule has 0 amide bonds. The molecule has 0 spiro atoms. The van der Waals surface area contributed by atoms with Crippen LogP contribution in [0.15, 0.2) is 0 Å². The summed E-state index contributed by atoms with van der Waals surface area (Å²) in [4.78, 5) is 10.9. The molecule has 0 aromatic carbocycles. The SMILES string of the molecule is COCC1CC2CC1C1C(CCOC(C)=O)CCC21. The average Bonchev–Trinajstić information content (AvgIpc) is 3.01. The molecule has 6 atom stereocenters. The predicted octanol–water partition coefficient (Wildman–Crippen LogP) is 2.88. The molecule has 6 unspecified atom stereocenters. The summed E-state index contributed by atoms with van der Waals surface area (Å²) in [6.45, 7) is 3.07. The van der Waals surface area contributed by atoms with Gasteiger partial charge in [-0.05, 0) is 67.6 Å². The first-order chi connectivity index (χ1) is 9.20. The monoisotopic (exact) mass is 266 g/mol. The molecule has 2 bridgehead atoms. The van der Waals surface area contributed by atoms with E-state index in [1.165, 1.54) is 32.6 Å². The number of ether oxygens (including phenoxy) is 2. The highest BCUT2D eigenvalue weighted by molar-refractivity contribution is 5.65. The first-order valence-electron chi connectivity index (χ1n) is 7.83. The topological polar surface area (TPSA) is 35.5 Å². The first-order valence-corrected chi connectivity index (χ1v) is 7.83. The van der Waals surface area contributed by atoms with Crippen LogP contribution >= 0.6 is 0 Å². The maximum absolute atomic E-state index is 10.9. The second kappa shape index (κ2) is 5.43. The van der Waals surface area contributed by atoms with E-state index >= 15 is 0 Å². The molecule has 3 saturated carbocycles. The third-order valence-corrected chi connectivity index (χ3v) is 5.97. The molecule has 3 fully saturated rings. The van der Waals surface area contributed by atoms with Crippen molar-refractivity contribution in [1.82, 2.24) is 0 Å². The van der Waals surface area contributed by atoms with Crippen LogP contribution in [-0.2, 0) is 14.3 Å². The van der Waals surface area contributed by atoms with E-state index in [1.807, 2.05) is 7.11 Å². The molecule has 0 heterocycles. The van der Waals surface area contributed by atoms with Gasteiger partial charge >= 0.3 is 5.97 Å². The average molecular weight is 266 g/mol. The van der Waals surface area contributed by atoms with Gasteiger partial charge in [0.25, 0.3) is 0 Å². The highest BCUT2D eigenvalue weighted by atomic mass is 16.5. The Hall–Kier alpha value is -0.570. The Morgan fingerprint density at radius 1 is 1.16 bits per heavy atom. The molecule has 0 N–H and O–H groups in total. The van der Waals surface area contributed by atoms with Crippen LogP contribution in [0, 0.1) is 35.5 Å². The third-order valence-electron chi connectivity index (χ3n) is 5.97. The van der Waals surface area contributed by atoms with Gasteiger partial charge in [0.1, 0.15) is 0 Å². The van der Waals surface area contributed by atoms with Gasteiger partial charge in [0.15, 0.2) is 0 Å². The maximum atomic E-state index is 10.9. The van der Waals surface area contributed by atoms with Gasteiger partial charge in [-0.15, -0.1) is 0 Å². The van der Waals surface area contributed by atoms with E-state index in [1.54, 1.807) is 0 Å². The lowest BCUT2D eigenvalue weighted by Crippen LogP contribution is -2.31. The summed E-state index contributed by atoms with van der Waals surface area (Å²) in [5.74, 6) is 5.17. The molecule has 3 aliphatic rings. The molecule has 0 aromatic heterocycles. The number of carbonyl (C=O) groups is 1. The molecule has 3 nitrogen and oxygen atoms in total. The lowest BCUT2D eigenvalue weighted by molar-refractivity contribution is -0.141. The summed E-state index contributed by atoms with van der Waals surface area (Å²) in [5.41, 5.74) is 0. The van der Waals surface area contributed by atoms with Gasteiger partial charge < -0.3 is 9.47 Å². The molecule has 0 aliphatic heterocycles. The molecule has 19 heavy (non-hydrogen) atoms. The summed E-state index contributed by atoms with van der Waals surface area (Å²) < 4.78 is 10.5. The lowest BCUT2D eigenvalue weighted by atomic mass is 9.72. The Morgan fingerprint density at radius 2 is 2.00 bits per heavy atom. The lowest BCUT2D eigenvalue weighted by Gasteiger charge is -2.34. The van der Waals surface area contributed by atoms with Crippen molar-refractivity contribution in [3.63, 3.8) is 0 Å². The van der Waals surface area contributed by atoms with Gasteiger partial charge in [-0.1, -0.05) is 0 Å².